The molecule has 15 heavy (non-hydrogen) atoms. The molecule has 0 aromatic carbocycles. The van der Waals surface area contributed by atoms with Crippen LogP contribution in [0.3, 0.4) is 0 Å². The van der Waals surface area contributed by atoms with Crippen molar-refractivity contribution < 1.29 is 0 Å². The van der Waals surface area contributed by atoms with Gasteiger partial charge in [0.05, 0.1) is 0 Å². The summed E-state index contributed by atoms with van der Waals surface area (Å²) in [5.41, 5.74) is 2.75. The van der Waals surface area contributed by atoms with Gasteiger partial charge in [0, 0.05) is 13.1 Å². The van der Waals surface area contributed by atoms with Gasteiger partial charge in [-0.2, -0.15) is 0 Å². The monoisotopic (exact) mass is 205 g/mol. The Morgan fingerprint density at radius 2 is 2.00 bits per heavy atom. The number of piperidine rings is 1. The lowest BCUT2D eigenvalue weighted by molar-refractivity contribution is 0.263. The van der Waals surface area contributed by atoms with Gasteiger partial charge in [0.25, 0.3) is 0 Å². The Kier molecular flexibility index (Phi) is 4.67. The standard InChI is InChI=1S/C14H23N/c1-5-13(11-12(3)4)14-7-9-15(6-2)10-8-14/h6,11,14H,2-3,5,7-10H2,1,4H3/b13-11+. The molecule has 0 radical (unpaired) electrons. The molecule has 0 amide bonds. The minimum atomic E-state index is 0.767. The third-order valence-corrected chi connectivity index (χ3v) is 3.15. The zero-order valence-corrected chi connectivity index (χ0v) is 10.1. The average molecular weight is 205 g/mol. The molecule has 0 bridgehead atoms. The van der Waals surface area contributed by atoms with E-state index in [1.54, 1.807) is 5.57 Å². The fourth-order valence-electron chi connectivity index (χ4n) is 2.28. The van der Waals surface area contributed by atoms with Crippen LogP contribution in [0.15, 0.2) is 36.6 Å². The summed E-state index contributed by atoms with van der Waals surface area (Å²) in [6.45, 7) is 14.4. The van der Waals surface area contributed by atoms with Crippen LogP contribution in [-0.4, -0.2) is 18.0 Å². The van der Waals surface area contributed by atoms with E-state index in [1.165, 1.54) is 18.4 Å². The topological polar surface area (TPSA) is 3.24 Å². The smallest absolute Gasteiger partial charge is 0.0178 e. The highest BCUT2D eigenvalue weighted by atomic mass is 15.1. The van der Waals surface area contributed by atoms with E-state index in [0.717, 1.165) is 25.4 Å². The van der Waals surface area contributed by atoms with Gasteiger partial charge in [-0.15, -0.1) is 0 Å². The zero-order chi connectivity index (χ0) is 11.3. The molecule has 1 aliphatic rings. The van der Waals surface area contributed by atoms with Crippen molar-refractivity contribution in [2.24, 2.45) is 5.92 Å². The second kappa shape index (κ2) is 5.79. The van der Waals surface area contributed by atoms with Gasteiger partial charge in [-0.25, -0.2) is 0 Å². The first-order chi connectivity index (χ1) is 7.17. The molecule has 1 heteroatoms. The molecular formula is C14H23N. The first-order valence-electron chi connectivity index (χ1n) is 5.90. The van der Waals surface area contributed by atoms with Crippen molar-refractivity contribution in [1.29, 1.82) is 0 Å². The normalized spacial score (nSPS) is 19.1. The van der Waals surface area contributed by atoms with Crippen LogP contribution in [0, 0.1) is 5.92 Å². The highest BCUT2D eigenvalue weighted by molar-refractivity contribution is 5.21. The van der Waals surface area contributed by atoms with E-state index < -0.39 is 0 Å². The van der Waals surface area contributed by atoms with Gasteiger partial charge in [-0.1, -0.05) is 37.3 Å². The van der Waals surface area contributed by atoms with Crippen molar-refractivity contribution in [1.82, 2.24) is 4.90 Å². The summed E-state index contributed by atoms with van der Waals surface area (Å²) in [6, 6.07) is 0. The van der Waals surface area contributed by atoms with E-state index in [9.17, 15) is 0 Å². The molecule has 0 N–H and O–H groups in total. The molecule has 0 spiro atoms. The molecule has 1 aliphatic heterocycles. The molecular weight excluding hydrogens is 182 g/mol. The third kappa shape index (κ3) is 3.58. The van der Waals surface area contributed by atoms with E-state index in [0.29, 0.717) is 0 Å². The van der Waals surface area contributed by atoms with Crippen molar-refractivity contribution >= 4 is 0 Å². The lowest BCUT2D eigenvalue weighted by Crippen LogP contribution is -2.30. The Morgan fingerprint density at radius 3 is 2.40 bits per heavy atom. The van der Waals surface area contributed by atoms with E-state index >= 15 is 0 Å². The Hall–Kier alpha value is -0.980. The average Bonchev–Trinajstić information content (AvgIpc) is 2.26. The number of rotatable bonds is 4. The van der Waals surface area contributed by atoms with Crippen molar-refractivity contribution in [2.45, 2.75) is 33.1 Å². The van der Waals surface area contributed by atoms with Crippen molar-refractivity contribution in [3.8, 4) is 0 Å². The molecule has 1 fully saturated rings. The van der Waals surface area contributed by atoms with Crippen LogP contribution < -0.4 is 0 Å². The summed E-state index contributed by atoms with van der Waals surface area (Å²) in [4.78, 5) is 2.31. The molecule has 1 saturated heterocycles. The van der Waals surface area contributed by atoms with Crippen LogP contribution >= 0.6 is 0 Å². The number of hydrogen-bond donors (Lipinski definition) is 0. The Bertz CT molecular complexity index is 255. The summed E-state index contributed by atoms with van der Waals surface area (Å²) in [6.07, 6.45) is 7.92. The maximum atomic E-state index is 3.97. The summed E-state index contributed by atoms with van der Waals surface area (Å²) < 4.78 is 0. The fraction of sp³-hybridized carbons (Fsp3) is 0.571. The van der Waals surface area contributed by atoms with Crippen LogP contribution in [0.4, 0.5) is 0 Å². The van der Waals surface area contributed by atoms with Gasteiger partial charge < -0.3 is 4.90 Å². The first kappa shape index (κ1) is 12.1. The largest absolute Gasteiger partial charge is 0.378 e. The SMILES string of the molecule is C=CN1CCC(/C(=C/C(=C)C)CC)CC1. The lowest BCUT2D eigenvalue weighted by Gasteiger charge is -2.32. The number of likely N-dealkylation sites (tertiary alicyclic amines) is 1. The van der Waals surface area contributed by atoms with Gasteiger partial charge >= 0.3 is 0 Å². The van der Waals surface area contributed by atoms with Crippen LogP contribution in [0.25, 0.3) is 0 Å². The predicted molar refractivity (Wildman–Crippen MR) is 67.7 cm³/mol. The maximum absolute atomic E-state index is 3.97. The first-order valence-corrected chi connectivity index (χ1v) is 5.90. The maximum Gasteiger partial charge on any atom is 0.0178 e. The molecule has 1 rings (SSSR count). The molecule has 0 aliphatic carbocycles. The van der Waals surface area contributed by atoms with Gasteiger partial charge in [0.2, 0.25) is 0 Å². The number of allylic oxidation sites excluding steroid dienone is 3. The molecule has 1 heterocycles. The van der Waals surface area contributed by atoms with Crippen LogP contribution in [0.2, 0.25) is 0 Å². The molecule has 0 aromatic heterocycles. The zero-order valence-electron chi connectivity index (χ0n) is 10.1. The quantitative estimate of drug-likeness (QED) is 0.632. The minimum absolute atomic E-state index is 0.767. The van der Waals surface area contributed by atoms with Crippen molar-refractivity contribution in [3.05, 3.63) is 36.6 Å². The van der Waals surface area contributed by atoms with Crippen LogP contribution in [0.1, 0.15) is 33.1 Å². The van der Waals surface area contributed by atoms with E-state index in [2.05, 4.69) is 38.0 Å². The fourth-order valence-corrected chi connectivity index (χ4v) is 2.28. The van der Waals surface area contributed by atoms with Crippen LogP contribution in [-0.2, 0) is 0 Å². The lowest BCUT2D eigenvalue weighted by atomic mass is 9.87. The summed E-state index contributed by atoms with van der Waals surface area (Å²) in [5.74, 6) is 0.767. The molecule has 0 aromatic rings. The molecule has 0 atom stereocenters. The molecule has 1 nitrogen and oxygen atoms in total. The van der Waals surface area contributed by atoms with E-state index in [1.807, 2.05) is 6.20 Å². The Balaban J connectivity index is 2.57. The van der Waals surface area contributed by atoms with Crippen molar-refractivity contribution in [3.63, 3.8) is 0 Å². The molecule has 84 valence electrons. The Morgan fingerprint density at radius 1 is 1.40 bits per heavy atom. The second-order valence-electron chi connectivity index (χ2n) is 4.41. The van der Waals surface area contributed by atoms with Gasteiger partial charge in [-0.05, 0) is 38.3 Å². The minimum Gasteiger partial charge on any atom is -0.378 e. The molecule has 0 unspecified atom stereocenters. The summed E-state index contributed by atoms with van der Waals surface area (Å²) in [5, 5.41) is 0. The van der Waals surface area contributed by atoms with Gasteiger partial charge in [0.1, 0.15) is 0 Å². The van der Waals surface area contributed by atoms with Crippen molar-refractivity contribution in [2.75, 3.05) is 13.1 Å². The second-order valence-corrected chi connectivity index (χ2v) is 4.41. The highest BCUT2D eigenvalue weighted by Gasteiger charge is 2.19. The Labute approximate surface area is 94.2 Å². The predicted octanol–water partition coefficient (Wildman–Crippen LogP) is 3.75. The van der Waals surface area contributed by atoms with Crippen LogP contribution in [0.5, 0.6) is 0 Å². The highest BCUT2D eigenvalue weighted by Crippen LogP contribution is 2.27. The number of hydrogen-bond acceptors (Lipinski definition) is 1. The summed E-state index contributed by atoms with van der Waals surface area (Å²) in [7, 11) is 0. The van der Waals surface area contributed by atoms with E-state index in [-0.39, 0.29) is 0 Å². The third-order valence-electron chi connectivity index (χ3n) is 3.15. The van der Waals surface area contributed by atoms with Gasteiger partial charge in [-0.3, -0.25) is 0 Å². The van der Waals surface area contributed by atoms with E-state index in [4.69, 9.17) is 0 Å². The molecule has 0 saturated carbocycles. The number of nitrogens with zero attached hydrogens (tertiary/aromatic N) is 1. The summed E-state index contributed by atoms with van der Waals surface area (Å²) >= 11 is 0. The van der Waals surface area contributed by atoms with Gasteiger partial charge in [0.15, 0.2) is 0 Å².